The summed E-state index contributed by atoms with van der Waals surface area (Å²) in [6.07, 6.45) is -4.23. The van der Waals surface area contributed by atoms with Gasteiger partial charge >= 0.3 is 24.0 Å². The maximum absolute atomic E-state index is 13.1. The summed E-state index contributed by atoms with van der Waals surface area (Å²) < 4.78 is 49.2. The van der Waals surface area contributed by atoms with Crippen molar-refractivity contribution in [3.8, 4) is 11.8 Å². The van der Waals surface area contributed by atoms with Gasteiger partial charge in [0.1, 0.15) is 5.75 Å². The van der Waals surface area contributed by atoms with Gasteiger partial charge in [0, 0.05) is 51.5 Å². The van der Waals surface area contributed by atoms with Crippen LogP contribution in [0.2, 0.25) is 5.02 Å². The fourth-order valence-electron chi connectivity index (χ4n) is 4.50. The van der Waals surface area contributed by atoms with Crippen LogP contribution in [0.3, 0.4) is 0 Å². The van der Waals surface area contributed by atoms with E-state index in [2.05, 4.69) is 30.9 Å². The summed E-state index contributed by atoms with van der Waals surface area (Å²) in [5.41, 5.74) is 0.825. The number of halogens is 4. The van der Waals surface area contributed by atoms with Gasteiger partial charge in [0.25, 0.3) is 5.91 Å². The highest BCUT2D eigenvalue weighted by atomic mass is 35.5. The number of aromatic nitrogens is 3. The van der Waals surface area contributed by atoms with E-state index in [1.165, 1.54) is 23.9 Å². The Morgan fingerprint density at radius 2 is 1.77 bits per heavy atom. The van der Waals surface area contributed by atoms with Crippen molar-refractivity contribution in [2.45, 2.75) is 33.0 Å². The van der Waals surface area contributed by atoms with Crippen molar-refractivity contribution in [3.05, 3.63) is 58.6 Å². The molecule has 0 unspecified atom stereocenters. The number of alkyl halides is 3. The molecular formula is C31H36ClF3N8O5. The van der Waals surface area contributed by atoms with Crippen molar-refractivity contribution in [3.63, 3.8) is 0 Å². The predicted octanol–water partition coefficient (Wildman–Crippen LogP) is 4.28. The number of anilines is 3. The normalized spacial score (nSPS) is 15.7. The maximum atomic E-state index is 13.1. The number of carbonyl (C=O) groups excluding carboxylic acids is 3. The zero-order valence-corrected chi connectivity index (χ0v) is 27.5. The van der Waals surface area contributed by atoms with E-state index in [4.69, 9.17) is 21.1 Å². The van der Waals surface area contributed by atoms with Crippen LogP contribution >= 0.6 is 11.6 Å². The third-order valence-corrected chi connectivity index (χ3v) is 7.18. The van der Waals surface area contributed by atoms with Gasteiger partial charge in [-0.2, -0.15) is 28.1 Å². The highest BCUT2D eigenvalue weighted by molar-refractivity contribution is 6.34. The van der Waals surface area contributed by atoms with Crippen molar-refractivity contribution in [2.75, 3.05) is 57.6 Å². The summed E-state index contributed by atoms with van der Waals surface area (Å²) in [7, 11) is 3.00. The molecule has 5 heterocycles. The Kier molecular flexibility index (Phi) is 11.5. The first-order chi connectivity index (χ1) is 22.6. The van der Waals surface area contributed by atoms with Crippen molar-refractivity contribution < 1.29 is 37.0 Å². The molecule has 0 saturated carbocycles. The molecule has 13 nitrogen and oxygen atoms in total. The Hall–Kier alpha value is -4.86. The lowest BCUT2D eigenvalue weighted by atomic mass is 9.92. The Balaban J connectivity index is 1.62. The molecule has 0 saturated heterocycles. The topological polar surface area (TPSA) is 151 Å². The molecule has 4 aliphatic rings. The van der Waals surface area contributed by atoms with Crippen LogP contribution in [0.4, 0.5) is 30.8 Å². The Morgan fingerprint density at radius 3 is 2.44 bits per heavy atom. The second-order valence-electron chi connectivity index (χ2n) is 12.0. The molecule has 0 atom stereocenters. The van der Waals surface area contributed by atoms with Crippen LogP contribution in [0.15, 0.2) is 42.5 Å². The number of nitrogens with one attached hydrogen (secondary N) is 3. The van der Waals surface area contributed by atoms with Crippen LogP contribution in [-0.4, -0.2) is 95.6 Å². The number of rotatable bonds is 2. The largest absolute Gasteiger partial charge is 0.492 e. The van der Waals surface area contributed by atoms with Crippen molar-refractivity contribution in [1.82, 2.24) is 30.1 Å². The standard InChI is InChI=1S/C31H36ClF3N8O5/c1-30(2)16-37-24(44)20-7-9-21(10-8-20)38-28-39-27(40-29(41-28)48-18-31(33,34)35)36-15-19-6-11-23(22(32)14-19)47-13-5-12-43(17-30)26(46)25(45)42(3)4/h6-11,14H,5,12-13,15-18H2,1-4H3,(H,37,44)(H2,36,38,39,40,41). The molecule has 2 aromatic carbocycles. The molecule has 48 heavy (non-hydrogen) atoms. The van der Waals surface area contributed by atoms with Crippen LogP contribution < -0.4 is 25.4 Å². The van der Waals surface area contributed by atoms with E-state index in [9.17, 15) is 27.6 Å². The minimum Gasteiger partial charge on any atom is -0.492 e. The van der Waals surface area contributed by atoms with Crippen LogP contribution in [0.5, 0.6) is 11.8 Å². The van der Waals surface area contributed by atoms with E-state index in [0.29, 0.717) is 34.0 Å². The molecular weight excluding hydrogens is 657 g/mol. The Bertz CT molecular complexity index is 1620. The summed E-state index contributed by atoms with van der Waals surface area (Å²) in [5.74, 6) is -1.49. The van der Waals surface area contributed by atoms with Gasteiger partial charge in [-0.05, 0) is 53.8 Å². The van der Waals surface area contributed by atoms with E-state index in [0.717, 1.165) is 0 Å². The average molecular weight is 693 g/mol. The smallest absolute Gasteiger partial charge is 0.422 e. The van der Waals surface area contributed by atoms with E-state index >= 15 is 0 Å². The molecule has 4 aliphatic heterocycles. The number of hydrogen-bond acceptors (Lipinski definition) is 10. The van der Waals surface area contributed by atoms with Crippen LogP contribution in [0.25, 0.3) is 0 Å². The maximum Gasteiger partial charge on any atom is 0.422 e. The third kappa shape index (κ3) is 10.6. The predicted molar refractivity (Wildman–Crippen MR) is 171 cm³/mol. The summed E-state index contributed by atoms with van der Waals surface area (Å²) in [6, 6.07) is 10.7. The summed E-state index contributed by atoms with van der Waals surface area (Å²) in [4.78, 5) is 53.5. The lowest BCUT2D eigenvalue weighted by Gasteiger charge is -2.33. The zero-order valence-electron chi connectivity index (χ0n) is 26.8. The first-order valence-corrected chi connectivity index (χ1v) is 15.2. The van der Waals surface area contributed by atoms with Gasteiger partial charge in [0.05, 0.1) is 11.6 Å². The van der Waals surface area contributed by atoms with Gasteiger partial charge in [0.2, 0.25) is 11.9 Å². The number of ether oxygens (including phenoxy) is 2. The quantitative estimate of drug-likeness (QED) is 0.332. The lowest BCUT2D eigenvalue weighted by molar-refractivity contribution is -0.154. The van der Waals surface area contributed by atoms with Gasteiger partial charge in [-0.15, -0.1) is 0 Å². The average Bonchev–Trinajstić information content (AvgIpc) is 3.02. The van der Waals surface area contributed by atoms with Crippen LogP contribution in [0.1, 0.15) is 36.2 Å². The number of benzene rings is 2. The molecule has 1 aromatic heterocycles. The van der Waals surface area contributed by atoms with Crippen molar-refractivity contribution >= 4 is 46.9 Å². The minimum absolute atomic E-state index is 0.0685. The van der Waals surface area contributed by atoms with Crippen molar-refractivity contribution in [2.24, 2.45) is 5.41 Å². The molecule has 0 radical (unpaired) electrons. The zero-order chi connectivity index (χ0) is 35.1. The van der Waals surface area contributed by atoms with Gasteiger partial charge in [-0.25, -0.2) is 0 Å². The van der Waals surface area contributed by atoms with Crippen molar-refractivity contribution in [1.29, 1.82) is 0 Å². The molecule has 17 heteroatoms. The minimum atomic E-state index is -4.61. The molecule has 6 bridgehead atoms. The molecule has 3 N–H and O–H groups in total. The summed E-state index contributed by atoms with van der Waals surface area (Å²) in [6.45, 7) is 3.04. The van der Waals surface area contributed by atoms with E-state index < -0.39 is 36.0 Å². The van der Waals surface area contributed by atoms with Crippen LogP contribution in [-0.2, 0) is 16.1 Å². The van der Waals surface area contributed by atoms with Gasteiger partial charge in [0.15, 0.2) is 6.61 Å². The molecule has 258 valence electrons. The monoisotopic (exact) mass is 692 g/mol. The number of nitrogens with zero attached hydrogens (tertiary/aromatic N) is 5. The third-order valence-electron chi connectivity index (χ3n) is 6.88. The molecule has 3 amide bonds. The number of carbonyl (C=O) groups is 3. The molecule has 3 aromatic rings. The van der Waals surface area contributed by atoms with Gasteiger partial charge < -0.3 is 35.2 Å². The first kappa shape index (κ1) is 36.0. The second kappa shape index (κ2) is 15.4. The Morgan fingerprint density at radius 1 is 1.06 bits per heavy atom. The van der Waals surface area contributed by atoms with Gasteiger partial charge in [-0.1, -0.05) is 31.5 Å². The number of hydrogen-bond donors (Lipinski definition) is 3. The fraction of sp³-hybridized carbons (Fsp3) is 0.419. The Labute approximate surface area is 280 Å². The molecule has 0 fully saturated rings. The van der Waals surface area contributed by atoms with E-state index in [1.54, 1.807) is 42.5 Å². The highest BCUT2D eigenvalue weighted by Crippen LogP contribution is 2.27. The number of likely N-dealkylation sites (N-methyl/N-ethyl adjacent to an activating group) is 1. The van der Waals surface area contributed by atoms with E-state index in [-0.39, 0.29) is 50.6 Å². The lowest BCUT2D eigenvalue weighted by Crippen LogP contribution is -2.49. The SMILES string of the molecule is CN(C)C(=O)C(=O)N1CCCOc2ccc(cc2Cl)CNc2nc(nc(OCC(F)(F)F)n2)Nc2ccc(cc2)C(=O)NCC(C)(C)C1. The number of amides is 3. The summed E-state index contributed by atoms with van der Waals surface area (Å²) >= 11 is 6.46. The summed E-state index contributed by atoms with van der Waals surface area (Å²) in [5, 5.41) is 8.99. The first-order valence-electron chi connectivity index (χ1n) is 14.9. The van der Waals surface area contributed by atoms with E-state index in [1.807, 2.05) is 13.8 Å². The van der Waals surface area contributed by atoms with Crippen LogP contribution in [0, 0.1) is 5.41 Å². The second-order valence-corrected chi connectivity index (χ2v) is 12.4. The molecule has 0 aliphatic carbocycles. The molecule has 7 rings (SSSR count). The fourth-order valence-corrected chi connectivity index (χ4v) is 4.76. The highest BCUT2D eigenvalue weighted by Gasteiger charge is 2.31. The molecule has 0 spiro atoms. The van der Waals surface area contributed by atoms with Gasteiger partial charge in [-0.3, -0.25) is 14.4 Å².